The topological polar surface area (TPSA) is 37.8 Å². The first-order chi connectivity index (χ1) is 10.4. The molecule has 3 heteroatoms. The molecule has 112 valence electrons. The summed E-state index contributed by atoms with van der Waals surface area (Å²) in [5.41, 5.74) is 2.76. The number of nitrogens with one attached hydrogen (secondary N) is 1. The highest BCUT2D eigenvalue weighted by Crippen LogP contribution is 2.06. The minimum absolute atomic E-state index is 1.06. The molecule has 0 unspecified atom stereocenters. The van der Waals surface area contributed by atoms with Crippen LogP contribution in [-0.2, 0) is 12.8 Å². The van der Waals surface area contributed by atoms with Crippen LogP contribution in [-0.4, -0.2) is 23.1 Å². The van der Waals surface area contributed by atoms with Crippen molar-refractivity contribution in [2.45, 2.75) is 38.5 Å². The van der Waals surface area contributed by atoms with Crippen LogP contribution in [0.1, 0.15) is 36.8 Å². The van der Waals surface area contributed by atoms with E-state index in [4.69, 9.17) is 0 Å². The van der Waals surface area contributed by atoms with Crippen molar-refractivity contribution >= 4 is 0 Å². The van der Waals surface area contributed by atoms with Crippen LogP contribution in [0.2, 0.25) is 0 Å². The quantitative estimate of drug-likeness (QED) is 0.679. The van der Waals surface area contributed by atoms with Crippen molar-refractivity contribution in [3.8, 4) is 0 Å². The molecule has 0 aliphatic carbocycles. The third-order valence-corrected chi connectivity index (χ3v) is 3.66. The Morgan fingerprint density at radius 2 is 1.19 bits per heavy atom. The molecule has 0 bridgehead atoms. The summed E-state index contributed by atoms with van der Waals surface area (Å²) in [6.07, 6.45) is 14.9. The number of hydrogen-bond acceptors (Lipinski definition) is 3. The Bertz CT molecular complexity index is 425. The zero-order valence-electron chi connectivity index (χ0n) is 12.7. The molecule has 0 fully saturated rings. The van der Waals surface area contributed by atoms with Gasteiger partial charge in [-0.05, 0) is 74.2 Å². The highest BCUT2D eigenvalue weighted by molar-refractivity contribution is 5.10. The van der Waals surface area contributed by atoms with Crippen molar-refractivity contribution < 1.29 is 0 Å². The Kier molecular flexibility index (Phi) is 7.49. The minimum atomic E-state index is 1.06. The molecule has 1 N–H and O–H groups in total. The molecule has 2 aromatic rings. The Labute approximate surface area is 127 Å². The summed E-state index contributed by atoms with van der Waals surface area (Å²) in [7, 11) is 0. The van der Waals surface area contributed by atoms with Gasteiger partial charge in [-0.1, -0.05) is 12.8 Å². The number of aryl methyl sites for hydroxylation is 1. The molecule has 0 saturated heterocycles. The van der Waals surface area contributed by atoms with Gasteiger partial charge in [-0.3, -0.25) is 9.97 Å². The van der Waals surface area contributed by atoms with Gasteiger partial charge in [-0.15, -0.1) is 0 Å². The van der Waals surface area contributed by atoms with E-state index in [1.165, 1.54) is 43.2 Å². The smallest absolute Gasteiger partial charge is 0.0270 e. The summed E-state index contributed by atoms with van der Waals surface area (Å²) in [5.74, 6) is 0. The molecule has 0 aliphatic rings. The molecule has 0 aliphatic heterocycles. The van der Waals surface area contributed by atoms with Gasteiger partial charge in [0, 0.05) is 24.8 Å². The lowest BCUT2D eigenvalue weighted by atomic mass is 10.1. The van der Waals surface area contributed by atoms with Gasteiger partial charge in [0.1, 0.15) is 0 Å². The molecule has 2 aromatic heterocycles. The Morgan fingerprint density at radius 3 is 1.86 bits per heavy atom. The number of pyridine rings is 2. The van der Waals surface area contributed by atoms with Gasteiger partial charge in [0.05, 0.1) is 0 Å². The third-order valence-electron chi connectivity index (χ3n) is 3.66. The molecule has 0 spiro atoms. The molecule has 2 heterocycles. The standard InChI is InChI=1S/C18H25N3/c1(3-5-17-6-13-20-14-7-17)2-4-11-19-12-8-18-9-15-21-16-10-18/h6-7,9-10,13-16,19H,1-5,8,11-12H2. The zero-order chi connectivity index (χ0) is 14.6. The zero-order valence-corrected chi connectivity index (χ0v) is 12.7. The minimum Gasteiger partial charge on any atom is -0.316 e. The monoisotopic (exact) mass is 283 g/mol. The van der Waals surface area contributed by atoms with E-state index in [1.807, 2.05) is 24.8 Å². The molecular weight excluding hydrogens is 258 g/mol. The molecule has 3 nitrogen and oxygen atoms in total. The largest absolute Gasteiger partial charge is 0.316 e. The average molecular weight is 283 g/mol. The van der Waals surface area contributed by atoms with Gasteiger partial charge < -0.3 is 5.32 Å². The predicted molar refractivity (Wildman–Crippen MR) is 87.2 cm³/mol. The van der Waals surface area contributed by atoms with Gasteiger partial charge in [0.25, 0.3) is 0 Å². The maximum absolute atomic E-state index is 4.04. The van der Waals surface area contributed by atoms with Crippen LogP contribution in [0.15, 0.2) is 49.1 Å². The first-order valence-corrected chi connectivity index (χ1v) is 7.94. The number of rotatable bonds is 10. The number of aromatic nitrogens is 2. The summed E-state index contributed by atoms with van der Waals surface area (Å²) in [6, 6.07) is 8.39. The molecule has 21 heavy (non-hydrogen) atoms. The first-order valence-electron chi connectivity index (χ1n) is 7.94. The normalized spacial score (nSPS) is 10.7. The Balaban J connectivity index is 1.40. The maximum atomic E-state index is 4.04. The van der Waals surface area contributed by atoms with Gasteiger partial charge in [0.2, 0.25) is 0 Å². The van der Waals surface area contributed by atoms with E-state index < -0.39 is 0 Å². The lowest BCUT2D eigenvalue weighted by Crippen LogP contribution is -2.18. The fourth-order valence-electron chi connectivity index (χ4n) is 2.39. The molecular formula is C18H25N3. The Hall–Kier alpha value is -1.74. The van der Waals surface area contributed by atoms with E-state index in [0.717, 1.165) is 19.5 Å². The lowest BCUT2D eigenvalue weighted by molar-refractivity contribution is 0.588. The van der Waals surface area contributed by atoms with Crippen LogP contribution >= 0.6 is 0 Å². The van der Waals surface area contributed by atoms with E-state index in [2.05, 4.69) is 39.6 Å². The molecule has 0 atom stereocenters. The summed E-state index contributed by atoms with van der Waals surface area (Å²) >= 11 is 0. The van der Waals surface area contributed by atoms with Crippen molar-refractivity contribution in [1.29, 1.82) is 0 Å². The fourth-order valence-corrected chi connectivity index (χ4v) is 2.39. The second kappa shape index (κ2) is 10.1. The Morgan fingerprint density at radius 1 is 0.619 bits per heavy atom. The average Bonchev–Trinajstić information content (AvgIpc) is 2.55. The SMILES string of the molecule is c1cc(CCCCCCNCCc2ccncc2)ccn1. The number of unbranched alkanes of at least 4 members (excludes halogenated alkanes) is 3. The second-order valence-electron chi connectivity index (χ2n) is 5.38. The molecule has 0 radical (unpaired) electrons. The molecule has 0 saturated carbocycles. The van der Waals surface area contributed by atoms with E-state index in [1.54, 1.807) is 0 Å². The van der Waals surface area contributed by atoms with E-state index >= 15 is 0 Å². The van der Waals surface area contributed by atoms with Crippen LogP contribution in [0.25, 0.3) is 0 Å². The first kappa shape index (κ1) is 15.6. The van der Waals surface area contributed by atoms with Crippen LogP contribution in [0, 0.1) is 0 Å². The second-order valence-corrected chi connectivity index (χ2v) is 5.38. The van der Waals surface area contributed by atoms with Gasteiger partial charge >= 0.3 is 0 Å². The van der Waals surface area contributed by atoms with Crippen molar-refractivity contribution in [1.82, 2.24) is 15.3 Å². The van der Waals surface area contributed by atoms with Gasteiger partial charge in [-0.25, -0.2) is 0 Å². The van der Waals surface area contributed by atoms with E-state index in [0.29, 0.717) is 0 Å². The molecule has 0 amide bonds. The summed E-state index contributed by atoms with van der Waals surface area (Å²) < 4.78 is 0. The summed E-state index contributed by atoms with van der Waals surface area (Å²) in [4.78, 5) is 8.07. The molecule has 0 aromatic carbocycles. The highest BCUT2D eigenvalue weighted by atomic mass is 14.8. The van der Waals surface area contributed by atoms with Crippen molar-refractivity contribution in [3.63, 3.8) is 0 Å². The summed E-state index contributed by atoms with van der Waals surface area (Å²) in [5, 5.41) is 3.51. The van der Waals surface area contributed by atoms with Crippen molar-refractivity contribution in [3.05, 3.63) is 60.2 Å². The van der Waals surface area contributed by atoms with Crippen LogP contribution in [0.5, 0.6) is 0 Å². The van der Waals surface area contributed by atoms with Gasteiger partial charge in [0.15, 0.2) is 0 Å². The van der Waals surface area contributed by atoms with Crippen molar-refractivity contribution in [2.24, 2.45) is 0 Å². The van der Waals surface area contributed by atoms with Crippen LogP contribution in [0.3, 0.4) is 0 Å². The third kappa shape index (κ3) is 7.00. The molecule has 2 rings (SSSR count). The van der Waals surface area contributed by atoms with Gasteiger partial charge in [-0.2, -0.15) is 0 Å². The maximum Gasteiger partial charge on any atom is 0.0270 e. The van der Waals surface area contributed by atoms with Crippen molar-refractivity contribution in [2.75, 3.05) is 13.1 Å². The van der Waals surface area contributed by atoms with E-state index in [9.17, 15) is 0 Å². The predicted octanol–water partition coefficient (Wildman–Crippen LogP) is 3.41. The lowest BCUT2D eigenvalue weighted by Gasteiger charge is -2.05. The van der Waals surface area contributed by atoms with Crippen LogP contribution in [0.4, 0.5) is 0 Å². The highest BCUT2D eigenvalue weighted by Gasteiger charge is 1.94. The number of hydrogen-bond donors (Lipinski definition) is 1. The fraction of sp³-hybridized carbons (Fsp3) is 0.444. The van der Waals surface area contributed by atoms with Crippen LogP contribution < -0.4 is 5.32 Å². The van der Waals surface area contributed by atoms with E-state index in [-0.39, 0.29) is 0 Å². The number of nitrogens with zero attached hydrogens (tertiary/aromatic N) is 2. The summed E-state index contributed by atoms with van der Waals surface area (Å²) in [6.45, 7) is 2.18.